The molecule has 11 heteroatoms. The number of aliphatic hydroxyl groups excluding tert-OH is 1. The maximum absolute atomic E-state index is 13.8. The molecule has 4 heterocycles. The number of nitrogens with zero attached hydrogens (tertiary/aromatic N) is 4. The molecule has 3 saturated heterocycles. The minimum absolute atomic E-state index is 0.0721. The molecule has 0 saturated carbocycles. The van der Waals surface area contributed by atoms with Gasteiger partial charge in [0.05, 0.1) is 23.6 Å². The Labute approximate surface area is 209 Å². The van der Waals surface area contributed by atoms with Crippen LogP contribution in [0.5, 0.6) is 0 Å². The fraction of sp³-hybridized carbons (Fsp3) is 0.640. The van der Waals surface area contributed by atoms with E-state index in [0.29, 0.717) is 32.2 Å². The highest BCUT2D eigenvalue weighted by Crippen LogP contribution is 2.63. The van der Waals surface area contributed by atoms with Gasteiger partial charge in [-0.25, -0.2) is 4.68 Å². The van der Waals surface area contributed by atoms with Crippen molar-refractivity contribution >= 4 is 28.8 Å². The summed E-state index contributed by atoms with van der Waals surface area (Å²) in [6.45, 7) is 4.29. The van der Waals surface area contributed by atoms with Crippen molar-refractivity contribution in [2.75, 3.05) is 19.8 Å². The number of unbranched alkanes of at least 4 members (excludes halogenated alkanes) is 2. The molecule has 0 radical (unpaired) electrons. The molecule has 3 fully saturated rings. The quantitative estimate of drug-likeness (QED) is 0.365. The normalized spacial score (nSPS) is 30.7. The minimum atomic E-state index is -1.09. The zero-order valence-electron chi connectivity index (χ0n) is 20.7. The Morgan fingerprint density at radius 3 is 2.83 bits per heavy atom. The zero-order valence-corrected chi connectivity index (χ0v) is 20.7. The number of carbonyl (C=O) groups excluding carboxylic acids is 3. The summed E-state index contributed by atoms with van der Waals surface area (Å²) in [4.78, 5) is 42.1. The van der Waals surface area contributed by atoms with E-state index < -0.39 is 35.0 Å². The second-order valence-corrected chi connectivity index (χ2v) is 10.1. The van der Waals surface area contributed by atoms with Crippen LogP contribution in [0.3, 0.4) is 0 Å². The second kappa shape index (κ2) is 9.44. The topological polar surface area (TPSA) is 136 Å². The van der Waals surface area contributed by atoms with Crippen molar-refractivity contribution in [3.05, 3.63) is 24.3 Å². The molecule has 1 aromatic carbocycles. The molecule has 2 aromatic rings. The van der Waals surface area contributed by atoms with Gasteiger partial charge >= 0.3 is 5.97 Å². The number of hydrogen-bond donors (Lipinski definition) is 2. The molecule has 3 aliphatic heterocycles. The highest BCUT2D eigenvalue weighted by Gasteiger charge is 2.78. The fourth-order valence-electron chi connectivity index (χ4n) is 6.41. The molecular formula is C25H33N5O6. The van der Waals surface area contributed by atoms with Crippen LogP contribution >= 0.6 is 0 Å². The van der Waals surface area contributed by atoms with Crippen LogP contribution in [0.1, 0.15) is 46.0 Å². The molecule has 5 atom stereocenters. The molecule has 1 spiro atoms. The number of nitrogens with one attached hydrogen (secondary N) is 1. The number of fused-ring (bicyclic) bond motifs is 2. The van der Waals surface area contributed by atoms with Gasteiger partial charge in [-0.15, -0.1) is 5.10 Å². The Kier molecular flexibility index (Phi) is 6.46. The molecule has 2 unspecified atom stereocenters. The molecule has 2 N–H and O–H groups in total. The average Bonchev–Trinajstić information content (AvgIpc) is 3.56. The first kappa shape index (κ1) is 24.6. The third-order valence-corrected chi connectivity index (χ3v) is 7.95. The van der Waals surface area contributed by atoms with Crippen LogP contribution in [-0.4, -0.2) is 79.8 Å². The predicted octanol–water partition coefficient (Wildman–Crippen LogP) is 0.995. The number of esters is 1. The van der Waals surface area contributed by atoms with Gasteiger partial charge in [0.25, 0.3) is 0 Å². The van der Waals surface area contributed by atoms with Crippen LogP contribution < -0.4 is 5.32 Å². The third-order valence-electron chi connectivity index (χ3n) is 7.95. The van der Waals surface area contributed by atoms with Crippen molar-refractivity contribution in [1.29, 1.82) is 0 Å². The van der Waals surface area contributed by atoms with E-state index in [1.807, 2.05) is 31.2 Å². The molecule has 3 aliphatic rings. The number of amides is 2. The number of benzene rings is 1. The van der Waals surface area contributed by atoms with Crippen LogP contribution in [0.25, 0.3) is 11.0 Å². The Hall–Kier alpha value is -3.05. The van der Waals surface area contributed by atoms with Gasteiger partial charge in [0.1, 0.15) is 29.7 Å². The van der Waals surface area contributed by atoms with Gasteiger partial charge in [-0.3, -0.25) is 14.4 Å². The maximum atomic E-state index is 13.8. The Bertz CT molecular complexity index is 1170. The molecular weight excluding hydrogens is 466 g/mol. The summed E-state index contributed by atoms with van der Waals surface area (Å²) in [7, 11) is 0. The summed E-state index contributed by atoms with van der Waals surface area (Å²) in [5.74, 6) is -2.56. The van der Waals surface area contributed by atoms with Crippen LogP contribution in [0.2, 0.25) is 0 Å². The lowest BCUT2D eigenvalue weighted by Gasteiger charge is -2.33. The number of para-hydroxylation sites is 1. The number of ether oxygens (including phenoxy) is 2. The first-order chi connectivity index (χ1) is 17.4. The molecule has 11 nitrogen and oxygen atoms in total. The van der Waals surface area contributed by atoms with Crippen molar-refractivity contribution in [3.8, 4) is 0 Å². The van der Waals surface area contributed by atoms with Crippen LogP contribution in [0.4, 0.5) is 0 Å². The molecule has 5 rings (SSSR count). The summed E-state index contributed by atoms with van der Waals surface area (Å²) in [5.41, 5.74) is -0.439. The lowest BCUT2D eigenvalue weighted by atomic mass is 9.66. The summed E-state index contributed by atoms with van der Waals surface area (Å²) in [6, 6.07) is 6.58. The zero-order chi connectivity index (χ0) is 25.5. The molecule has 2 amide bonds. The van der Waals surface area contributed by atoms with Crippen LogP contribution in [-0.2, 0) is 30.5 Å². The third kappa shape index (κ3) is 3.76. The van der Waals surface area contributed by atoms with Crippen molar-refractivity contribution in [2.24, 2.45) is 11.8 Å². The Balaban J connectivity index is 1.43. The van der Waals surface area contributed by atoms with E-state index in [-0.39, 0.29) is 31.7 Å². The van der Waals surface area contributed by atoms with Crippen LogP contribution in [0.15, 0.2) is 24.3 Å². The maximum Gasteiger partial charge on any atom is 0.312 e. The Morgan fingerprint density at radius 1 is 1.25 bits per heavy atom. The van der Waals surface area contributed by atoms with E-state index in [2.05, 4.69) is 15.6 Å². The molecule has 0 aliphatic carbocycles. The van der Waals surface area contributed by atoms with Crippen molar-refractivity contribution < 1.29 is 29.0 Å². The molecule has 2 bridgehead atoms. The summed E-state index contributed by atoms with van der Waals surface area (Å²) in [6.07, 6.45) is 3.04. The summed E-state index contributed by atoms with van der Waals surface area (Å²) in [5, 5.41) is 20.3. The highest BCUT2D eigenvalue weighted by atomic mass is 16.6. The second-order valence-electron chi connectivity index (χ2n) is 10.1. The molecule has 194 valence electrons. The first-order valence-electron chi connectivity index (χ1n) is 12.7. The summed E-state index contributed by atoms with van der Waals surface area (Å²) >= 11 is 0. The van der Waals surface area contributed by atoms with E-state index in [0.717, 1.165) is 17.5 Å². The van der Waals surface area contributed by atoms with Gasteiger partial charge in [-0.1, -0.05) is 17.3 Å². The number of aromatic nitrogens is 3. The molecule has 1 aromatic heterocycles. The lowest BCUT2D eigenvalue weighted by molar-refractivity contribution is -0.159. The number of likely N-dealkylation sites (tertiary alicyclic amines) is 1. The van der Waals surface area contributed by atoms with Crippen molar-refractivity contribution in [2.45, 2.75) is 69.9 Å². The number of carbonyl (C=O) groups is 3. The van der Waals surface area contributed by atoms with E-state index in [4.69, 9.17) is 14.6 Å². The fourth-order valence-corrected chi connectivity index (χ4v) is 6.41. The Morgan fingerprint density at radius 2 is 2.06 bits per heavy atom. The van der Waals surface area contributed by atoms with Gasteiger partial charge in [-0.2, -0.15) is 0 Å². The van der Waals surface area contributed by atoms with Gasteiger partial charge in [0.15, 0.2) is 0 Å². The monoisotopic (exact) mass is 499 g/mol. The van der Waals surface area contributed by atoms with Gasteiger partial charge in [0.2, 0.25) is 11.8 Å². The smallest absolute Gasteiger partial charge is 0.312 e. The predicted molar refractivity (Wildman–Crippen MR) is 127 cm³/mol. The number of aliphatic hydroxyl groups is 1. The van der Waals surface area contributed by atoms with E-state index in [9.17, 15) is 14.4 Å². The SMILES string of the molecule is CCOC(=O)[C@@H]1[C@H]2C(=O)N(CCCCCO)C(C(=O)NCn3nnc4ccccc43)C23CC[C@@]1(C)O3. The minimum Gasteiger partial charge on any atom is -0.466 e. The van der Waals surface area contributed by atoms with E-state index in [1.54, 1.807) is 16.5 Å². The van der Waals surface area contributed by atoms with Gasteiger partial charge in [0, 0.05) is 13.2 Å². The van der Waals surface area contributed by atoms with Gasteiger partial charge in [-0.05, 0) is 58.1 Å². The standard InChI is InChI=1S/C25H33N5O6/c1-3-35-23(34)19-18-22(33)29(13-7-4-8-14-31)20(25(18)12-11-24(19,2)36-25)21(32)26-15-30-17-10-6-5-9-16(17)27-28-30/h5-6,9-10,18-20,31H,3-4,7-8,11-15H2,1-2H3,(H,26,32)/t18-,19-,20?,24+,25?/m0/s1. The van der Waals surface area contributed by atoms with E-state index in [1.165, 1.54) is 0 Å². The average molecular weight is 500 g/mol. The number of rotatable bonds is 10. The van der Waals surface area contributed by atoms with E-state index >= 15 is 0 Å². The van der Waals surface area contributed by atoms with Crippen molar-refractivity contribution in [3.63, 3.8) is 0 Å². The largest absolute Gasteiger partial charge is 0.466 e. The van der Waals surface area contributed by atoms with Gasteiger partial charge < -0.3 is 24.8 Å². The lowest BCUT2D eigenvalue weighted by Crippen LogP contribution is -2.55. The van der Waals surface area contributed by atoms with Crippen molar-refractivity contribution in [1.82, 2.24) is 25.2 Å². The molecule has 36 heavy (non-hydrogen) atoms. The summed E-state index contributed by atoms with van der Waals surface area (Å²) < 4.78 is 13.5. The first-order valence-corrected chi connectivity index (χ1v) is 12.7. The van der Waals surface area contributed by atoms with Crippen LogP contribution in [0, 0.1) is 11.8 Å². The highest BCUT2D eigenvalue weighted by molar-refractivity contribution is 5.98. The number of hydrogen-bond acceptors (Lipinski definition) is 8.